The maximum Gasteiger partial charge on any atom is 2.00 e. The monoisotopic (exact) mass is 706 g/mol. The predicted octanol–water partition coefficient (Wildman–Crippen LogP) is 9.69. The van der Waals surface area contributed by atoms with Gasteiger partial charge in [0.1, 0.15) is 20.2 Å². The summed E-state index contributed by atoms with van der Waals surface area (Å²) in [6.45, 7) is 4.45. The van der Waals surface area contributed by atoms with Gasteiger partial charge in [-0.05, 0) is 82.6 Å². The third kappa shape index (κ3) is 15.3. The maximum atomic E-state index is 11.1. The van der Waals surface area contributed by atoms with E-state index in [-0.39, 0.29) is 47.5 Å². The molecule has 0 aliphatic rings. The van der Waals surface area contributed by atoms with E-state index in [2.05, 4.69) is 26.0 Å². The number of hydrogen-bond donors (Lipinski definition) is 0. The van der Waals surface area contributed by atoms with Crippen molar-refractivity contribution in [3.8, 4) is 0 Å². The molecule has 0 aromatic heterocycles. The van der Waals surface area contributed by atoms with Gasteiger partial charge in [-0.2, -0.15) is 0 Å². The van der Waals surface area contributed by atoms with Gasteiger partial charge in [0.05, 0.1) is 9.79 Å². The van der Waals surface area contributed by atoms with Crippen LogP contribution >= 0.6 is 0 Å². The van der Waals surface area contributed by atoms with Gasteiger partial charge in [0.15, 0.2) is 0 Å². The summed E-state index contributed by atoms with van der Waals surface area (Å²) in [6, 6.07) is 21.3. The van der Waals surface area contributed by atoms with Crippen LogP contribution in [0.25, 0.3) is 21.5 Å². The van der Waals surface area contributed by atoms with Crippen LogP contribution in [0.2, 0.25) is 0 Å². The van der Waals surface area contributed by atoms with Gasteiger partial charge in [-0.1, -0.05) is 139 Å². The molecule has 4 aromatic rings. The Balaban J connectivity index is 0.000000320. The molecule has 0 bridgehead atoms. The molecular formula is C38H50CaO6S2. The minimum absolute atomic E-state index is 0. The molecule has 6 nitrogen and oxygen atoms in total. The van der Waals surface area contributed by atoms with E-state index < -0.39 is 20.2 Å². The average molecular weight is 707 g/mol. The number of fused-ring (bicyclic) bond motifs is 2. The van der Waals surface area contributed by atoms with Gasteiger partial charge < -0.3 is 9.11 Å². The molecule has 0 unspecified atom stereocenters. The standard InChI is InChI=1S/2C19H26O3S.Ca/c2*1-2-3-4-5-6-7-8-9-16-10-11-17-12-13-19(23(20,21)22)15-18(17)14-16;/h2*10-15H,2-9H2,1H3,(H,20,21,22);/q;;+2/p-2. The summed E-state index contributed by atoms with van der Waals surface area (Å²) >= 11 is 0. The van der Waals surface area contributed by atoms with Gasteiger partial charge >= 0.3 is 37.7 Å². The molecule has 0 amide bonds. The van der Waals surface area contributed by atoms with Crippen molar-refractivity contribution >= 4 is 79.5 Å². The van der Waals surface area contributed by atoms with E-state index in [0.717, 1.165) is 47.2 Å². The van der Waals surface area contributed by atoms with Crippen molar-refractivity contribution in [2.75, 3.05) is 0 Å². The van der Waals surface area contributed by atoms with E-state index in [1.54, 1.807) is 12.1 Å². The average Bonchev–Trinajstić information content (AvgIpc) is 3.02. The zero-order chi connectivity index (χ0) is 33.4. The Kier molecular flexibility index (Phi) is 19.1. The number of benzene rings is 4. The third-order valence-electron chi connectivity index (χ3n) is 8.47. The van der Waals surface area contributed by atoms with Crippen molar-refractivity contribution in [1.82, 2.24) is 0 Å². The molecule has 0 spiro atoms. The van der Waals surface area contributed by atoms with Crippen LogP contribution in [0.15, 0.2) is 82.6 Å². The number of rotatable bonds is 18. The van der Waals surface area contributed by atoms with Crippen LogP contribution in [0, 0.1) is 0 Å². The van der Waals surface area contributed by atoms with Crippen molar-refractivity contribution in [3.63, 3.8) is 0 Å². The first-order chi connectivity index (χ1) is 22.0. The molecule has 9 heteroatoms. The van der Waals surface area contributed by atoms with Crippen molar-refractivity contribution in [1.29, 1.82) is 0 Å². The van der Waals surface area contributed by atoms with Crippen LogP contribution in [0.5, 0.6) is 0 Å². The largest absolute Gasteiger partial charge is 2.00 e. The molecule has 47 heavy (non-hydrogen) atoms. The fraction of sp³-hybridized carbons (Fsp3) is 0.474. The molecule has 4 rings (SSSR count). The first-order valence-corrected chi connectivity index (χ1v) is 19.8. The van der Waals surface area contributed by atoms with Gasteiger partial charge in [0.25, 0.3) is 0 Å². The smallest absolute Gasteiger partial charge is 0.744 e. The molecule has 0 heterocycles. The molecule has 0 saturated carbocycles. The molecule has 0 radical (unpaired) electrons. The molecule has 0 aliphatic heterocycles. The van der Waals surface area contributed by atoms with Crippen molar-refractivity contribution < 1.29 is 25.9 Å². The topological polar surface area (TPSA) is 114 Å². The van der Waals surface area contributed by atoms with E-state index in [1.165, 1.54) is 112 Å². The van der Waals surface area contributed by atoms with Crippen LogP contribution in [-0.4, -0.2) is 63.7 Å². The summed E-state index contributed by atoms with van der Waals surface area (Å²) in [4.78, 5) is -0.309. The minimum atomic E-state index is -4.39. The summed E-state index contributed by atoms with van der Waals surface area (Å²) in [7, 11) is -8.78. The summed E-state index contributed by atoms with van der Waals surface area (Å²) < 4.78 is 66.7. The Morgan fingerprint density at radius 1 is 0.426 bits per heavy atom. The molecule has 0 atom stereocenters. The second kappa shape index (κ2) is 21.5. The van der Waals surface area contributed by atoms with E-state index in [0.29, 0.717) is 0 Å². The Morgan fingerprint density at radius 2 is 0.745 bits per heavy atom. The minimum Gasteiger partial charge on any atom is -0.744 e. The SMILES string of the molecule is CCCCCCCCCc1ccc2ccc(S(=O)(=O)[O-])cc2c1.CCCCCCCCCc1ccc2ccc(S(=O)(=O)[O-])cc2c1.[Ca+2]. The fourth-order valence-electron chi connectivity index (χ4n) is 5.74. The second-order valence-corrected chi connectivity index (χ2v) is 15.1. The zero-order valence-corrected chi connectivity index (χ0v) is 32.1. The number of aryl methyl sites for hydroxylation is 2. The fourth-order valence-corrected chi connectivity index (χ4v) is 6.76. The molecule has 252 valence electrons. The molecule has 0 saturated heterocycles. The van der Waals surface area contributed by atoms with E-state index in [4.69, 9.17) is 0 Å². The zero-order valence-electron chi connectivity index (χ0n) is 28.2. The second-order valence-electron chi connectivity index (χ2n) is 12.3. The maximum absolute atomic E-state index is 11.1. The van der Waals surface area contributed by atoms with Gasteiger partial charge in [-0.25, -0.2) is 16.8 Å². The normalized spacial score (nSPS) is 11.7. The first-order valence-electron chi connectivity index (χ1n) is 17.0. The Hall–Kier alpha value is -1.52. The van der Waals surface area contributed by atoms with E-state index in [9.17, 15) is 25.9 Å². The molecule has 0 fully saturated rings. The first kappa shape index (κ1) is 41.7. The van der Waals surface area contributed by atoms with Crippen molar-refractivity contribution in [3.05, 3.63) is 83.9 Å². The van der Waals surface area contributed by atoms with Crippen molar-refractivity contribution in [2.24, 2.45) is 0 Å². The van der Waals surface area contributed by atoms with Crippen LogP contribution in [0.3, 0.4) is 0 Å². The number of unbranched alkanes of at least 4 members (excludes halogenated alkanes) is 12. The summed E-state index contributed by atoms with van der Waals surface area (Å²) in [6.07, 6.45) is 19.8. The molecule has 4 aromatic carbocycles. The summed E-state index contributed by atoms with van der Waals surface area (Å²) in [5, 5.41) is 3.56. The Bertz CT molecular complexity index is 1610. The van der Waals surface area contributed by atoms with Gasteiger partial charge in [-0.3, -0.25) is 0 Å². The van der Waals surface area contributed by atoms with Gasteiger partial charge in [-0.15, -0.1) is 0 Å². The predicted molar refractivity (Wildman–Crippen MR) is 193 cm³/mol. The number of hydrogen-bond acceptors (Lipinski definition) is 6. The van der Waals surface area contributed by atoms with Crippen molar-refractivity contribution in [2.45, 2.75) is 126 Å². The van der Waals surface area contributed by atoms with Gasteiger partial charge in [0, 0.05) is 0 Å². The van der Waals surface area contributed by atoms with Crippen LogP contribution < -0.4 is 0 Å². The van der Waals surface area contributed by atoms with E-state index in [1.807, 2.05) is 24.3 Å². The third-order valence-corrected chi connectivity index (χ3v) is 10.1. The van der Waals surface area contributed by atoms with E-state index >= 15 is 0 Å². The molecule has 0 N–H and O–H groups in total. The Morgan fingerprint density at radius 3 is 1.09 bits per heavy atom. The summed E-state index contributed by atoms with van der Waals surface area (Å²) in [5.74, 6) is 0. The van der Waals surface area contributed by atoms with Crippen LogP contribution in [-0.2, 0) is 33.1 Å². The van der Waals surface area contributed by atoms with Gasteiger partial charge in [0.2, 0.25) is 0 Å². The summed E-state index contributed by atoms with van der Waals surface area (Å²) in [5.41, 5.74) is 2.40. The quantitative estimate of drug-likeness (QED) is 0.0578. The Labute approximate surface area is 313 Å². The van der Waals surface area contributed by atoms with Crippen LogP contribution in [0.4, 0.5) is 0 Å². The molecular weight excluding hydrogens is 657 g/mol. The van der Waals surface area contributed by atoms with Crippen LogP contribution in [0.1, 0.15) is 115 Å². The molecule has 0 aliphatic carbocycles.